The molecule has 3 aromatic rings. The van der Waals surface area contributed by atoms with Gasteiger partial charge in [-0.05, 0) is 31.2 Å². The molecule has 1 aromatic carbocycles. The molecule has 0 aliphatic rings. The van der Waals surface area contributed by atoms with Crippen LogP contribution in [-0.4, -0.2) is 38.0 Å². The van der Waals surface area contributed by atoms with Gasteiger partial charge in [-0.1, -0.05) is 0 Å². The van der Waals surface area contributed by atoms with Crippen LogP contribution in [0.25, 0.3) is 0 Å². The molecule has 152 valence electrons. The van der Waals surface area contributed by atoms with Crippen LogP contribution in [0.15, 0.2) is 36.7 Å². The van der Waals surface area contributed by atoms with Gasteiger partial charge >= 0.3 is 6.61 Å². The molecule has 0 unspecified atom stereocenters. The molecule has 0 spiro atoms. The fourth-order valence-electron chi connectivity index (χ4n) is 2.58. The lowest BCUT2D eigenvalue weighted by Gasteiger charge is -2.09. The van der Waals surface area contributed by atoms with Crippen molar-refractivity contribution in [2.24, 2.45) is 14.1 Å². The third-order valence-electron chi connectivity index (χ3n) is 4.23. The third kappa shape index (κ3) is 4.39. The first-order chi connectivity index (χ1) is 13.8. The van der Waals surface area contributed by atoms with Crippen LogP contribution in [0.3, 0.4) is 0 Å². The lowest BCUT2D eigenvalue weighted by Crippen LogP contribution is -2.20. The zero-order valence-corrected chi connectivity index (χ0v) is 15.8. The van der Waals surface area contributed by atoms with Crippen LogP contribution < -0.4 is 15.4 Å². The summed E-state index contributed by atoms with van der Waals surface area (Å²) in [6.07, 6.45) is 2.86. The van der Waals surface area contributed by atoms with Crippen molar-refractivity contribution in [2.45, 2.75) is 13.5 Å². The van der Waals surface area contributed by atoms with Crippen LogP contribution in [0.5, 0.6) is 5.75 Å². The van der Waals surface area contributed by atoms with Gasteiger partial charge in [0.05, 0.1) is 29.5 Å². The van der Waals surface area contributed by atoms with Crippen LogP contribution >= 0.6 is 0 Å². The van der Waals surface area contributed by atoms with Crippen molar-refractivity contribution in [1.29, 1.82) is 0 Å². The van der Waals surface area contributed by atoms with Gasteiger partial charge in [0.25, 0.3) is 11.8 Å². The van der Waals surface area contributed by atoms with E-state index in [2.05, 4.69) is 25.6 Å². The minimum atomic E-state index is -2.95. The zero-order valence-electron chi connectivity index (χ0n) is 15.8. The molecule has 0 aliphatic carbocycles. The summed E-state index contributed by atoms with van der Waals surface area (Å²) in [6, 6.07) is 5.18. The molecule has 2 aromatic heterocycles. The predicted octanol–water partition coefficient (Wildman–Crippen LogP) is 2.57. The Labute approximate surface area is 164 Å². The lowest BCUT2D eigenvalue weighted by atomic mass is 10.2. The molecular weight excluding hydrogens is 386 g/mol. The Morgan fingerprint density at radius 1 is 0.966 bits per heavy atom. The number of nitrogens with zero attached hydrogens (tertiary/aromatic N) is 4. The van der Waals surface area contributed by atoms with Crippen molar-refractivity contribution in [3.8, 4) is 5.75 Å². The van der Waals surface area contributed by atoms with E-state index < -0.39 is 18.4 Å². The molecule has 0 bridgehead atoms. The van der Waals surface area contributed by atoms with E-state index in [0.29, 0.717) is 5.69 Å². The van der Waals surface area contributed by atoms with E-state index in [1.54, 1.807) is 25.7 Å². The number of aromatic nitrogens is 4. The van der Waals surface area contributed by atoms with Crippen molar-refractivity contribution in [1.82, 2.24) is 19.6 Å². The average molecular weight is 404 g/mol. The van der Waals surface area contributed by atoms with Crippen LogP contribution in [0.2, 0.25) is 0 Å². The predicted molar refractivity (Wildman–Crippen MR) is 100 cm³/mol. The van der Waals surface area contributed by atoms with Crippen molar-refractivity contribution < 1.29 is 23.1 Å². The van der Waals surface area contributed by atoms with Gasteiger partial charge in [-0.25, -0.2) is 0 Å². The standard InChI is InChI=1S/C18H18F2N6O3/c1-10-13(8-21-25(10)2)23-17(28)15-14(9-22-26(15)3)24-16(27)11-4-6-12(7-5-11)29-18(19)20/h4-9,18H,1-3H3,(H,23,28)(H,24,27). The molecule has 3 rings (SSSR count). The molecule has 0 aliphatic heterocycles. The minimum absolute atomic E-state index is 0.0650. The van der Waals surface area contributed by atoms with Gasteiger partial charge in [0, 0.05) is 19.7 Å². The lowest BCUT2D eigenvalue weighted by molar-refractivity contribution is -0.0498. The van der Waals surface area contributed by atoms with E-state index in [9.17, 15) is 18.4 Å². The average Bonchev–Trinajstić information content (AvgIpc) is 3.18. The number of carbonyl (C=O) groups excluding carboxylic acids is 2. The highest BCUT2D eigenvalue weighted by atomic mass is 19.3. The second kappa shape index (κ2) is 8.09. The van der Waals surface area contributed by atoms with E-state index in [4.69, 9.17) is 0 Å². The van der Waals surface area contributed by atoms with Gasteiger partial charge in [0.15, 0.2) is 0 Å². The molecule has 0 saturated carbocycles. The number of hydrogen-bond acceptors (Lipinski definition) is 5. The second-order valence-electron chi connectivity index (χ2n) is 6.11. The summed E-state index contributed by atoms with van der Waals surface area (Å²) in [5, 5.41) is 13.4. The first-order valence-corrected chi connectivity index (χ1v) is 8.44. The topological polar surface area (TPSA) is 103 Å². The van der Waals surface area contributed by atoms with Crippen molar-refractivity contribution in [2.75, 3.05) is 10.6 Å². The quantitative estimate of drug-likeness (QED) is 0.657. The SMILES string of the molecule is Cc1c(NC(=O)c2c(NC(=O)c3ccc(OC(F)F)cc3)cnn2C)cnn1C. The first kappa shape index (κ1) is 20.0. The Hall–Kier alpha value is -3.76. The summed E-state index contributed by atoms with van der Waals surface area (Å²) >= 11 is 0. The number of halogens is 2. The van der Waals surface area contributed by atoms with Crippen LogP contribution in [0.4, 0.5) is 20.2 Å². The monoisotopic (exact) mass is 404 g/mol. The molecule has 0 radical (unpaired) electrons. The number of alkyl halides is 2. The second-order valence-corrected chi connectivity index (χ2v) is 6.11. The molecular formula is C18H18F2N6O3. The van der Waals surface area contributed by atoms with Gasteiger partial charge in [-0.3, -0.25) is 19.0 Å². The molecule has 2 amide bonds. The molecule has 9 nitrogen and oxygen atoms in total. The first-order valence-electron chi connectivity index (χ1n) is 8.44. The van der Waals surface area contributed by atoms with Crippen molar-refractivity contribution in [3.63, 3.8) is 0 Å². The molecule has 0 atom stereocenters. The fraction of sp³-hybridized carbons (Fsp3) is 0.222. The van der Waals surface area contributed by atoms with E-state index in [-0.39, 0.29) is 22.7 Å². The van der Waals surface area contributed by atoms with Crippen LogP contribution in [0.1, 0.15) is 26.5 Å². The normalized spacial score (nSPS) is 10.8. The highest BCUT2D eigenvalue weighted by Gasteiger charge is 2.20. The van der Waals surface area contributed by atoms with Gasteiger partial charge in [0.2, 0.25) is 0 Å². The summed E-state index contributed by atoms with van der Waals surface area (Å²) in [6.45, 7) is -1.15. The summed E-state index contributed by atoms with van der Waals surface area (Å²) in [7, 11) is 3.31. The maximum absolute atomic E-state index is 12.7. The van der Waals surface area contributed by atoms with Gasteiger partial charge in [-0.2, -0.15) is 19.0 Å². The molecule has 2 N–H and O–H groups in total. The van der Waals surface area contributed by atoms with Crippen LogP contribution in [0, 0.1) is 6.92 Å². The van der Waals surface area contributed by atoms with Gasteiger partial charge in [-0.15, -0.1) is 0 Å². The van der Waals surface area contributed by atoms with E-state index in [1.165, 1.54) is 41.3 Å². The van der Waals surface area contributed by atoms with Gasteiger partial charge in [0.1, 0.15) is 11.4 Å². The fourth-order valence-corrected chi connectivity index (χ4v) is 2.58. The largest absolute Gasteiger partial charge is 0.435 e. The number of benzene rings is 1. The Morgan fingerprint density at radius 2 is 1.55 bits per heavy atom. The number of ether oxygens (including phenoxy) is 1. The Balaban J connectivity index is 1.76. The summed E-state index contributed by atoms with van der Waals surface area (Å²) in [5.74, 6) is -1.07. The van der Waals surface area contributed by atoms with Crippen molar-refractivity contribution in [3.05, 3.63) is 53.6 Å². The number of hydrogen-bond donors (Lipinski definition) is 2. The summed E-state index contributed by atoms with van der Waals surface area (Å²) in [5.41, 5.74) is 1.83. The highest BCUT2D eigenvalue weighted by Crippen LogP contribution is 2.20. The summed E-state index contributed by atoms with van der Waals surface area (Å²) < 4.78 is 31.6. The minimum Gasteiger partial charge on any atom is -0.435 e. The molecule has 29 heavy (non-hydrogen) atoms. The number of amides is 2. The smallest absolute Gasteiger partial charge is 0.387 e. The number of carbonyl (C=O) groups is 2. The van der Waals surface area contributed by atoms with E-state index in [1.807, 2.05) is 0 Å². The Bertz CT molecular complexity index is 1040. The number of rotatable bonds is 6. The molecule has 11 heteroatoms. The molecule has 0 fully saturated rings. The van der Waals surface area contributed by atoms with Gasteiger partial charge < -0.3 is 15.4 Å². The Kier molecular flexibility index (Phi) is 5.57. The molecule has 2 heterocycles. The highest BCUT2D eigenvalue weighted by molar-refractivity contribution is 6.11. The number of aryl methyl sites for hydroxylation is 2. The number of anilines is 2. The van der Waals surface area contributed by atoms with Crippen molar-refractivity contribution >= 4 is 23.2 Å². The molecule has 0 saturated heterocycles. The van der Waals surface area contributed by atoms with E-state index in [0.717, 1.165) is 5.69 Å². The number of nitrogens with one attached hydrogen (secondary N) is 2. The summed E-state index contributed by atoms with van der Waals surface area (Å²) in [4.78, 5) is 25.2. The zero-order chi connectivity index (χ0) is 21.1. The Morgan fingerprint density at radius 3 is 2.14 bits per heavy atom. The third-order valence-corrected chi connectivity index (χ3v) is 4.23. The maximum atomic E-state index is 12.7. The van der Waals surface area contributed by atoms with E-state index >= 15 is 0 Å². The van der Waals surface area contributed by atoms with Crippen LogP contribution in [-0.2, 0) is 14.1 Å². The maximum Gasteiger partial charge on any atom is 0.387 e.